The van der Waals surface area contributed by atoms with Crippen molar-refractivity contribution in [2.45, 2.75) is 24.3 Å². The van der Waals surface area contributed by atoms with Crippen molar-refractivity contribution in [3.8, 4) is 0 Å². The molecule has 0 aliphatic rings. The molecule has 0 bridgehead atoms. The highest BCUT2D eigenvalue weighted by atomic mass is 79.9. The molecule has 0 spiro atoms. The highest BCUT2D eigenvalue weighted by molar-refractivity contribution is 9.10. The van der Waals surface area contributed by atoms with E-state index in [1.165, 1.54) is 0 Å². The first-order valence-electron chi connectivity index (χ1n) is 4.99. The van der Waals surface area contributed by atoms with Crippen LogP contribution in [0.15, 0.2) is 33.6 Å². The van der Waals surface area contributed by atoms with Crippen molar-refractivity contribution in [3.63, 3.8) is 0 Å². The Hall–Kier alpha value is -0.190. The summed E-state index contributed by atoms with van der Waals surface area (Å²) in [7, 11) is 0.974. The highest BCUT2D eigenvalue weighted by Crippen LogP contribution is 2.20. The summed E-state index contributed by atoms with van der Waals surface area (Å²) in [6.07, 6.45) is 0.993. The zero-order chi connectivity index (χ0) is 11.3. The molecule has 15 heavy (non-hydrogen) atoms. The van der Waals surface area contributed by atoms with Gasteiger partial charge in [-0.1, -0.05) is 19.1 Å². The van der Waals surface area contributed by atoms with Crippen molar-refractivity contribution in [2.75, 3.05) is 12.8 Å². The molecule has 1 aromatic rings. The minimum Gasteiger partial charge on any atom is -0.316 e. The first-order chi connectivity index (χ1) is 7.19. The molecule has 0 aliphatic carbocycles. The van der Waals surface area contributed by atoms with Gasteiger partial charge < -0.3 is 5.32 Å². The Kier molecular flexibility index (Phi) is 5.50. The van der Waals surface area contributed by atoms with Gasteiger partial charge in [0, 0.05) is 16.3 Å². The average molecular weight is 290 g/mol. The van der Waals surface area contributed by atoms with Gasteiger partial charge in [-0.3, -0.25) is 4.21 Å². The van der Waals surface area contributed by atoms with Crippen molar-refractivity contribution in [2.24, 2.45) is 0 Å². The van der Waals surface area contributed by atoms with Crippen LogP contribution in [0.2, 0.25) is 0 Å². The SMILES string of the molecule is CCC(CS(=O)c1ccccc1Br)NC. The molecule has 84 valence electrons. The lowest BCUT2D eigenvalue weighted by Crippen LogP contribution is -2.30. The topological polar surface area (TPSA) is 29.1 Å². The van der Waals surface area contributed by atoms with Gasteiger partial charge in [-0.2, -0.15) is 0 Å². The van der Waals surface area contributed by atoms with Crippen LogP contribution in [0.4, 0.5) is 0 Å². The summed E-state index contributed by atoms with van der Waals surface area (Å²) in [6.45, 7) is 2.10. The molecular weight excluding hydrogens is 274 g/mol. The average Bonchev–Trinajstić information content (AvgIpc) is 2.26. The Morgan fingerprint density at radius 2 is 2.13 bits per heavy atom. The molecule has 0 fully saturated rings. The van der Waals surface area contributed by atoms with Crippen LogP contribution < -0.4 is 5.32 Å². The van der Waals surface area contributed by atoms with Gasteiger partial charge in [0.15, 0.2) is 0 Å². The first kappa shape index (κ1) is 12.9. The number of rotatable bonds is 5. The maximum absolute atomic E-state index is 12.0. The minimum atomic E-state index is -0.934. The fraction of sp³-hybridized carbons (Fsp3) is 0.455. The fourth-order valence-corrected chi connectivity index (χ4v) is 3.60. The van der Waals surface area contributed by atoms with Crippen molar-refractivity contribution in [1.82, 2.24) is 5.32 Å². The molecule has 0 saturated heterocycles. The van der Waals surface area contributed by atoms with Gasteiger partial charge >= 0.3 is 0 Å². The summed E-state index contributed by atoms with van der Waals surface area (Å²) in [6, 6.07) is 7.99. The van der Waals surface area contributed by atoms with Crippen LogP contribution in [0.25, 0.3) is 0 Å². The molecule has 2 unspecified atom stereocenters. The Balaban J connectivity index is 2.73. The third-order valence-electron chi connectivity index (χ3n) is 2.34. The van der Waals surface area contributed by atoms with Gasteiger partial charge in [0.2, 0.25) is 0 Å². The van der Waals surface area contributed by atoms with Crippen LogP contribution in [0.1, 0.15) is 13.3 Å². The molecule has 1 aromatic carbocycles. The van der Waals surface area contributed by atoms with E-state index in [1.807, 2.05) is 31.3 Å². The van der Waals surface area contributed by atoms with Gasteiger partial charge in [-0.15, -0.1) is 0 Å². The number of benzene rings is 1. The standard InChI is InChI=1S/C11H16BrNOS/c1-3-9(13-2)8-15(14)11-7-5-4-6-10(11)12/h4-7,9,13H,3,8H2,1-2H3. The summed E-state index contributed by atoms with van der Waals surface area (Å²) < 4.78 is 13.0. The van der Waals surface area contributed by atoms with E-state index in [0.29, 0.717) is 11.8 Å². The summed E-state index contributed by atoms with van der Waals surface area (Å²) in [5.41, 5.74) is 0. The molecular formula is C11H16BrNOS. The molecule has 0 heterocycles. The summed E-state index contributed by atoms with van der Waals surface area (Å²) >= 11 is 3.42. The second kappa shape index (κ2) is 6.40. The monoisotopic (exact) mass is 289 g/mol. The van der Waals surface area contributed by atoms with Crippen molar-refractivity contribution in [1.29, 1.82) is 0 Å². The minimum absolute atomic E-state index is 0.318. The molecule has 0 aromatic heterocycles. The number of hydrogen-bond acceptors (Lipinski definition) is 2. The van der Waals surface area contributed by atoms with Crippen LogP contribution in [0.3, 0.4) is 0 Å². The quantitative estimate of drug-likeness (QED) is 0.903. The fourth-order valence-electron chi connectivity index (χ4n) is 1.31. The Labute approximate surface area is 102 Å². The third-order valence-corrected chi connectivity index (χ3v) is 4.84. The first-order valence-corrected chi connectivity index (χ1v) is 7.10. The lowest BCUT2D eigenvalue weighted by Gasteiger charge is -2.13. The van der Waals surface area contributed by atoms with Crippen LogP contribution in [-0.4, -0.2) is 23.1 Å². The van der Waals surface area contributed by atoms with Crippen molar-refractivity contribution >= 4 is 26.7 Å². The van der Waals surface area contributed by atoms with Crippen LogP contribution in [-0.2, 0) is 10.8 Å². The molecule has 0 aliphatic heterocycles. The van der Waals surface area contributed by atoms with E-state index in [9.17, 15) is 4.21 Å². The van der Waals surface area contributed by atoms with E-state index in [1.54, 1.807) is 0 Å². The van der Waals surface area contributed by atoms with E-state index in [-0.39, 0.29) is 0 Å². The smallest absolute Gasteiger partial charge is 0.0556 e. The molecule has 0 saturated carbocycles. The lowest BCUT2D eigenvalue weighted by molar-refractivity contribution is 0.590. The summed E-state index contributed by atoms with van der Waals surface area (Å²) in [5, 5.41) is 3.16. The number of hydrogen-bond donors (Lipinski definition) is 1. The maximum Gasteiger partial charge on any atom is 0.0556 e. The largest absolute Gasteiger partial charge is 0.316 e. The maximum atomic E-state index is 12.0. The van der Waals surface area contributed by atoms with Gasteiger partial charge in [0.25, 0.3) is 0 Å². The molecule has 4 heteroatoms. The predicted octanol–water partition coefficient (Wildman–Crippen LogP) is 2.55. The van der Waals surface area contributed by atoms with Gasteiger partial charge in [0.1, 0.15) is 0 Å². The van der Waals surface area contributed by atoms with E-state index in [4.69, 9.17) is 0 Å². The summed E-state index contributed by atoms with van der Waals surface area (Å²) in [5.74, 6) is 0.662. The Morgan fingerprint density at radius 3 is 2.67 bits per heavy atom. The summed E-state index contributed by atoms with van der Waals surface area (Å²) in [4.78, 5) is 0.881. The van der Waals surface area contributed by atoms with E-state index in [0.717, 1.165) is 15.8 Å². The van der Waals surface area contributed by atoms with E-state index >= 15 is 0 Å². The molecule has 1 N–H and O–H groups in total. The second-order valence-electron chi connectivity index (χ2n) is 3.34. The van der Waals surface area contributed by atoms with E-state index in [2.05, 4.69) is 28.2 Å². The van der Waals surface area contributed by atoms with Gasteiger partial charge in [-0.25, -0.2) is 0 Å². The van der Waals surface area contributed by atoms with Crippen molar-refractivity contribution in [3.05, 3.63) is 28.7 Å². The molecule has 2 nitrogen and oxygen atoms in total. The molecule has 2 atom stereocenters. The van der Waals surface area contributed by atoms with Crippen molar-refractivity contribution < 1.29 is 4.21 Å². The third kappa shape index (κ3) is 3.70. The zero-order valence-electron chi connectivity index (χ0n) is 9.00. The van der Waals surface area contributed by atoms with Gasteiger partial charge in [0.05, 0.1) is 15.7 Å². The number of nitrogens with one attached hydrogen (secondary N) is 1. The lowest BCUT2D eigenvalue weighted by atomic mass is 10.3. The molecule has 1 rings (SSSR count). The predicted molar refractivity (Wildman–Crippen MR) is 68.6 cm³/mol. The zero-order valence-corrected chi connectivity index (χ0v) is 11.4. The Bertz CT molecular complexity index is 339. The second-order valence-corrected chi connectivity index (χ2v) is 5.65. The highest BCUT2D eigenvalue weighted by Gasteiger charge is 2.12. The normalized spacial score (nSPS) is 14.9. The van der Waals surface area contributed by atoms with Crippen LogP contribution in [0, 0.1) is 0 Å². The van der Waals surface area contributed by atoms with Crippen LogP contribution in [0.5, 0.6) is 0 Å². The van der Waals surface area contributed by atoms with Gasteiger partial charge in [-0.05, 0) is 41.5 Å². The van der Waals surface area contributed by atoms with E-state index < -0.39 is 10.8 Å². The number of halogens is 1. The van der Waals surface area contributed by atoms with Crippen LogP contribution >= 0.6 is 15.9 Å². The Morgan fingerprint density at radius 1 is 1.47 bits per heavy atom. The molecule has 0 amide bonds. The molecule has 0 radical (unpaired) electrons.